The summed E-state index contributed by atoms with van der Waals surface area (Å²) in [4.78, 5) is 14.3. The molecule has 0 aromatic carbocycles. The SMILES string of the molecule is CCNc1cccnc1S(=O)(=O)NCCOCC(N)=O. The van der Waals surface area contributed by atoms with Crippen LogP contribution in [-0.4, -0.2) is 45.6 Å². The molecular formula is C11H18N4O4S. The van der Waals surface area contributed by atoms with Gasteiger partial charge in [0.1, 0.15) is 6.61 Å². The van der Waals surface area contributed by atoms with Crippen LogP contribution in [0.4, 0.5) is 5.69 Å². The number of sulfonamides is 1. The zero-order valence-electron chi connectivity index (χ0n) is 11.1. The Bertz CT molecular complexity index is 547. The van der Waals surface area contributed by atoms with Gasteiger partial charge in [-0.2, -0.15) is 0 Å². The molecule has 4 N–H and O–H groups in total. The number of nitrogens with two attached hydrogens (primary N) is 1. The van der Waals surface area contributed by atoms with Crippen molar-refractivity contribution < 1.29 is 17.9 Å². The number of carbonyl (C=O) groups is 1. The van der Waals surface area contributed by atoms with Gasteiger partial charge in [-0.1, -0.05) is 0 Å². The maximum atomic E-state index is 12.1. The van der Waals surface area contributed by atoms with Crippen molar-refractivity contribution in [3.05, 3.63) is 18.3 Å². The largest absolute Gasteiger partial charge is 0.383 e. The van der Waals surface area contributed by atoms with Crippen molar-refractivity contribution in [1.82, 2.24) is 9.71 Å². The molecule has 0 saturated heterocycles. The van der Waals surface area contributed by atoms with Gasteiger partial charge in [0, 0.05) is 19.3 Å². The number of pyridine rings is 1. The van der Waals surface area contributed by atoms with Gasteiger partial charge in [0.2, 0.25) is 5.91 Å². The molecule has 1 heterocycles. The van der Waals surface area contributed by atoms with Crippen LogP contribution in [0.25, 0.3) is 0 Å². The fraction of sp³-hybridized carbons (Fsp3) is 0.455. The molecule has 1 aromatic rings. The van der Waals surface area contributed by atoms with E-state index in [9.17, 15) is 13.2 Å². The van der Waals surface area contributed by atoms with Gasteiger partial charge in [-0.05, 0) is 19.1 Å². The van der Waals surface area contributed by atoms with E-state index < -0.39 is 15.9 Å². The molecule has 0 fully saturated rings. The number of nitrogens with zero attached hydrogens (tertiary/aromatic N) is 1. The van der Waals surface area contributed by atoms with Crippen LogP contribution in [0.5, 0.6) is 0 Å². The number of anilines is 1. The Hall–Kier alpha value is -1.71. The van der Waals surface area contributed by atoms with Gasteiger partial charge < -0.3 is 15.8 Å². The number of primary amides is 1. The molecule has 0 radical (unpaired) electrons. The smallest absolute Gasteiger partial charge is 0.260 e. The van der Waals surface area contributed by atoms with E-state index in [-0.39, 0.29) is 24.8 Å². The van der Waals surface area contributed by atoms with E-state index in [1.54, 1.807) is 12.1 Å². The second-order valence-corrected chi connectivity index (χ2v) is 5.49. The molecule has 1 amide bonds. The highest BCUT2D eigenvalue weighted by Gasteiger charge is 2.19. The van der Waals surface area contributed by atoms with E-state index in [1.165, 1.54) is 6.20 Å². The standard InChI is InChI=1S/C11H18N4O4S/c1-2-13-9-4-3-5-14-11(9)20(17,18)15-6-7-19-8-10(12)16/h3-5,13,15H,2,6-8H2,1H3,(H2,12,16). The van der Waals surface area contributed by atoms with Gasteiger partial charge in [-0.25, -0.2) is 18.1 Å². The zero-order valence-corrected chi connectivity index (χ0v) is 11.9. The monoisotopic (exact) mass is 302 g/mol. The van der Waals surface area contributed by atoms with Crippen molar-refractivity contribution in [3.63, 3.8) is 0 Å². The second kappa shape index (κ2) is 7.78. The molecule has 0 atom stereocenters. The fourth-order valence-electron chi connectivity index (χ4n) is 1.42. The number of hydrogen-bond acceptors (Lipinski definition) is 6. The number of aromatic nitrogens is 1. The first-order valence-corrected chi connectivity index (χ1v) is 7.50. The van der Waals surface area contributed by atoms with E-state index in [0.717, 1.165) is 0 Å². The van der Waals surface area contributed by atoms with Gasteiger partial charge >= 0.3 is 0 Å². The molecule has 0 spiro atoms. The summed E-state index contributed by atoms with van der Waals surface area (Å²) in [6, 6.07) is 3.28. The van der Waals surface area contributed by atoms with Crippen LogP contribution >= 0.6 is 0 Å². The molecule has 9 heteroatoms. The van der Waals surface area contributed by atoms with E-state index in [1.807, 2.05) is 6.92 Å². The topological polar surface area (TPSA) is 123 Å². The Morgan fingerprint density at radius 1 is 1.50 bits per heavy atom. The maximum absolute atomic E-state index is 12.1. The molecular weight excluding hydrogens is 284 g/mol. The van der Waals surface area contributed by atoms with Crippen LogP contribution in [0.3, 0.4) is 0 Å². The summed E-state index contributed by atoms with van der Waals surface area (Å²) in [6.07, 6.45) is 1.40. The van der Waals surface area contributed by atoms with E-state index >= 15 is 0 Å². The van der Waals surface area contributed by atoms with Crippen molar-refractivity contribution in [1.29, 1.82) is 0 Å². The molecule has 0 saturated carbocycles. The minimum Gasteiger partial charge on any atom is -0.383 e. The molecule has 1 rings (SSSR count). The number of nitrogens with one attached hydrogen (secondary N) is 2. The van der Waals surface area contributed by atoms with E-state index in [2.05, 4.69) is 15.0 Å². The van der Waals surface area contributed by atoms with Gasteiger partial charge in [-0.15, -0.1) is 0 Å². The number of ether oxygens (including phenoxy) is 1. The van der Waals surface area contributed by atoms with Crippen molar-refractivity contribution >= 4 is 21.6 Å². The van der Waals surface area contributed by atoms with Crippen LogP contribution in [0.15, 0.2) is 23.4 Å². The highest BCUT2D eigenvalue weighted by molar-refractivity contribution is 7.89. The molecule has 1 aromatic heterocycles. The Morgan fingerprint density at radius 3 is 2.90 bits per heavy atom. The highest BCUT2D eigenvalue weighted by atomic mass is 32.2. The summed E-state index contributed by atoms with van der Waals surface area (Å²) >= 11 is 0. The Balaban J connectivity index is 2.62. The number of rotatable bonds is 9. The van der Waals surface area contributed by atoms with Gasteiger partial charge in [-0.3, -0.25) is 4.79 Å². The highest BCUT2D eigenvalue weighted by Crippen LogP contribution is 2.17. The van der Waals surface area contributed by atoms with Crippen molar-refractivity contribution in [2.75, 3.05) is 31.6 Å². The molecule has 112 valence electrons. The normalized spacial score (nSPS) is 11.2. The summed E-state index contributed by atoms with van der Waals surface area (Å²) < 4.78 is 31.3. The van der Waals surface area contributed by atoms with E-state index in [0.29, 0.717) is 12.2 Å². The third kappa shape index (κ3) is 5.11. The predicted molar refractivity (Wildman–Crippen MR) is 73.6 cm³/mol. The minimum absolute atomic E-state index is 0.0255. The van der Waals surface area contributed by atoms with Crippen LogP contribution < -0.4 is 15.8 Å². The number of hydrogen-bond donors (Lipinski definition) is 3. The first-order valence-electron chi connectivity index (χ1n) is 6.02. The average molecular weight is 302 g/mol. The third-order valence-electron chi connectivity index (χ3n) is 2.18. The van der Waals surface area contributed by atoms with Gasteiger partial charge in [0.05, 0.1) is 12.3 Å². The zero-order chi connectivity index (χ0) is 15.0. The van der Waals surface area contributed by atoms with Gasteiger partial charge in [0.15, 0.2) is 5.03 Å². The quantitative estimate of drug-likeness (QED) is 0.518. The van der Waals surface area contributed by atoms with E-state index in [4.69, 9.17) is 10.5 Å². The maximum Gasteiger partial charge on any atom is 0.260 e. The van der Waals surface area contributed by atoms with Crippen LogP contribution in [0.2, 0.25) is 0 Å². The summed E-state index contributed by atoms with van der Waals surface area (Å²) in [5, 5.41) is 2.85. The fourth-order valence-corrected chi connectivity index (χ4v) is 2.54. The van der Waals surface area contributed by atoms with Crippen molar-refractivity contribution in [2.45, 2.75) is 11.9 Å². The summed E-state index contributed by atoms with van der Waals surface area (Å²) in [7, 11) is -3.73. The predicted octanol–water partition coefficient (Wildman–Crippen LogP) is -0.706. The molecule has 0 unspecified atom stereocenters. The molecule has 0 bridgehead atoms. The Kier molecular flexibility index (Phi) is 6.36. The number of amides is 1. The summed E-state index contributed by atoms with van der Waals surface area (Å²) in [5.74, 6) is -0.605. The molecule has 8 nitrogen and oxygen atoms in total. The summed E-state index contributed by atoms with van der Waals surface area (Å²) in [5.41, 5.74) is 5.31. The minimum atomic E-state index is -3.73. The molecule has 20 heavy (non-hydrogen) atoms. The lowest BCUT2D eigenvalue weighted by atomic mass is 10.4. The second-order valence-electron chi connectivity index (χ2n) is 3.80. The van der Waals surface area contributed by atoms with Gasteiger partial charge in [0.25, 0.3) is 10.0 Å². The first-order chi connectivity index (χ1) is 9.47. The lowest BCUT2D eigenvalue weighted by molar-refractivity contribution is -0.122. The first kappa shape index (κ1) is 16.3. The van der Waals surface area contributed by atoms with Crippen LogP contribution in [-0.2, 0) is 19.6 Å². The third-order valence-corrected chi connectivity index (χ3v) is 3.59. The lowest BCUT2D eigenvalue weighted by Crippen LogP contribution is -2.30. The number of carbonyl (C=O) groups excluding carboxylic acids is 1. The lowest BCUT2D eigenvalue weighted by Gasteiger charge is -2.11. The summed E-state index contributed by atoms with van der Waals surface area (Å²) in [6.45, 7) is 2.27. The molecule has 0 aliphatic rings. The molecule has 0 aliphatic heterocycles. The van der Waals surface area contributed by atoms with Crippen molar-refractivity contribution in [3.8, 4) is 0 Å². The Labute approximate surface area is 117 Å². The van der Waals surface area contributed by atoms with Crippen LogP contribution in [0, 0.1) is 0 Å². The van der Waals surface area contributed by atoms with Crippen molar-refractivity contribution in [2.24, 2.45) is 5.73 Å². The van der Waals surface area contributed by atoms with Crippen LogP contribution in [0.1, 0.15) is 6.92 Å². The average Bonchev–Trinajstić information content (AvgIpc) is 2.38. The Morgan fingerprint density at radius 2 is 2.25 bits per heavy atom. The molecule has 0 aliphatic carbocycles.